The van der Waals surface area contributed by atoms with Crippen molar-refractivity contribution in [2.45, 2.75) is 33.8 Å². The molecule has 0 aliphatic carbocycles. The fraction of sp³-hybridized carbons (Fsp3) is 0.364. The summed E-state index contributed by atoms with van der Waals surface area (Å²) in [7, 11) is -3.72. The monoisotopic (exact) mass is 448 g/mol. The SMILES string of the molecule is CCOC(=O)c1ccc(C)c(NC(=O)CN(c2ccc(OC(C)C)cc2)S(C)(=O)=O)c1. The highest BCUT2D eigenvalue weighted by atomic mass is 32.2. The minimum atomic E-state index is -3.72. The summed E-state index contributed by atoms with van der Waals surface area (Å²) in [6.07, 6.45) is 1.02. The number of aryl methyl sites for hydroxylation is 1. The fourth-order valence-electron chi connectivity index (χ4n) is 2.78. The maximum absolute atomic E-state index is 12.7. The van der Waals surface area contributed by atoms with Crippen LogP contribution in [0.5, 0.6) is 5.75 Å². The van der Waals surface area contributed by atoms with E-state index in [9.17, 15) is 18.0 Å². The number of nitrogens with one attached hydrogen (secondary N) is 1. The molecule has 31 heavy (non-hydrogen) atoms. The molecular weight excluding hydrogens is 420 g/mol. The summed E-state index contributed by atoms with van der Waals surface area (Å²) in [6, 6.07) is 11.3. The van der Waals surface area contributed by atoms with E-state index in [4.69, 9.17) is 9.47 Å². The molecule has 0 bridgehead atoms. The molecule has 8 nitrogen and oxygen atoms in total. The summed E-state index contributed by atoms with van der Waals surface area (Å²) < 4.78 is 36.2. The molecular formula is C22H28N2O6S. The molecule has 168 valence electrons. The van der Waals surface area contributed by atoms with E-state index in [0.29, 0.717) is 22.7 Å². The van der Waals surface area contributed by atoms with Gasteiger partial charge in [0, 0.05) is 5.69 Å². The number of hydrogen-bond donors (Lipinski definition) is 1. The second-order valence-corrected chi connectivity index (χ2v) is 9.14. The zero-order valence-electron chi connectivity index (χ0n) is 18.3. The Morgan fingerprint density at radius 1 is 1.10 bits per heavy atom. The van der Waals surface area contributed by atoms with Crippen molar-refractivity contribution in [1.29, 1.82) is 0 Å². The van der Waals surface area contributed by atoms with Gasteiger partial charge >= 0.3 is 5.97 Å². The van der Waals surface area contributed by atoms with Gasteiger partial charge in [-0.25, -0.2) is 13.2 Å². The van der Waals surface area contributed by atoms with Crippen molar-refractivity contribution in [2.75, 3.05) is 29.0 Å². The quantitative estimate of drug-likeness (QED) is 0.590. The third kappa shape index (κ3) is 6.99. The van der Waals surface area contributed by atoms with Crippen molar-refractivity contribution in [3.63, 3.8) is 0 Å². The van der Waals surface area contributed by atoms with Crippen LogP contribution in [-0.2, 0) is 19.6 Å². The molecule has 0 radical (unpaired) electrons. The summed E-state index contributed by atoms with van der Waals surface area (Å²) in [6.45, 7) is 7.06. The van der Waals surface area contributed by atoms with Gasteiger partial charge in [0.2, 0.25) is 15.9 Å². The van der Waals surface area contributed by atoms with Crippen LogP contribution in [0.4, 0.5) is 11.4 Å². The number of nitrogens with zero attached hydrogens (tertiary/aromatic N) is 1. The number of sulfonamides is 1. The number of benzene rings is 2. The summed E-state index contributed by atoms with van der Waals surface area (Å²) in [5.74, 6) is -0.445. The molecule has 2 aromatic carbocycles. The van der Waals surface area contributed by atoms with Gasteiger partial charge in [0.1, 0.15) is 12.3 Å². The highest BCUT2D eigenvalue weighted by Gasteiger charge is 2.22. The Morgan fingerprint density at radius 2 is 1.74 bits per heavy atom. The molecule has 0 aliphatic rings. The first-order valence-electron chi connectivity index (χ1n) is 9.83. The van der Waals surface area contributed by atoms with Gasteiger partial charge in [-0.1, -0.05) is 6.07 Å². The molecule has 0 saturated heterocycles. The number of anilines is 2. The third-order valence-corrected chi connectivity index (χ3v) is 5.35. The van der Waals surface area contributed by atoms with Crippen LogP contribution in [0.25, 0.3) is 0 Å². The Balaban J connectivity index is 2.21. The molecule has 0 saturated carbocycles. The van der Waals surface area contributed by atoms with Crippen molar-refractivity contribution >= 4 is 33.3 Å². The zero-order chi connectivity index (χ0) is 23.2. The van der Waals surface area contributed by atoms with Crippen LogP contribution in [0.3, 0.4) is 0 Å². The van der Waals surface area contributed by atoms with Crippen molar-refractivity contribution < 1.29 is 27.5 Å². The standard InChI is InChI=1S/C22H28N2O6S/c1-6-29-22(26)17-8-7-16(4)20(13-17)23-21(25)14-24(31(5,27)28)18-9-11-19(12-10-18)30-15(2)3/h7-13,15H,6,14H2,1-5H3,(H,23,25). The summed E-state index contributed by atoms with van der Waals surface area (Å²) in [5, 5.41) is 2.68. The number of rotatable bonds is 9. The first-order chi connectivity index (χ1) is 14.5. The Labute approximate surface area is 183 Å². The number of amides is 1. The van der Waals surface area contributed by atoms with E-state index in [1.54, 1.807) is 50.2 Å². The van der Waals surface area contributed by atoms with E-state index < -0.39 is 28.4 Å². The number of esters is 1. The van der Waals surface area contributed by atoms with Gasteiger partial charge in [-0.3, -0.25) is 9.10 Å². The lowest BCUT2D eigenvalue weighted by Crippen LogP contribution is -2.37. The topological polar surface area (TPSA) is 102 Å². The van der Waals surface area contributed by atoms with Gasteiger partial charge in [-0.2, -0.15) is 0 Å². The highest BCUT2D eigenvalue weighted by molar-refractivity contribution is 7.92. The maximum atomic E-state index is 12.7. The lowest BCUT2D eigenvalue weighted by atomic mass is 10.1. The number of carbonyl (C=O) groups excluding carboxylic acids is 2. The highest BCUT2D eigenvalue weighted by Crippen LogP contribution is 2.23. The van der Waals surface area contributed by atoms with Gasteiger partial charge in [0.25, 0.3) is 0 Å². The summed E-state index contributed by atoms with van der Waals surface area (Å²) in [5.41, 5.74) is 1.77. The summed E-state index contributed by atoms with van der Waals surface area (Å²) >= 11 is 0. The molecule has 0 unspecified atom stereocenters. The fourth-order valence-corrected chi connectivity index (χ4v) is 3.64. The number of carbonyl (C=O) groups is 2. The molecule has 0 fully saturated rings. The van der Waals surface area contributed by atoms with E-state index in [1.807, 2.05) is 13.8 Å². The second-order valence-electron chi connectivity index (χ2n) is 7.23. The number of ether oxygens (including phenoxy) is 2. The maximum Gasteiger partial charge on any atom is 0.338 e. The van der Waals surface area contributed by atoms with Crippen LogP contribution >= 0.6 is 0 Å². The van der Waals surface area contributed by atoms with Gasteiger partial charge in [0.05, 0.1) is 30.2 Å². The molecule has 2 rings (SSSR count). The largest absolute Gasteiger partial charge is 0.491 e. The Hall–Kier alpha value is -3.07. The normalized spacial score (nSPS) is 11.2. The molecule has 1 amide bonds. The minimum Gasteiger partial charge on any atom is -0.491 e. The Morgan fingerprint density at radius 3 is 2.29 bits per heavy atom. The van der Waals surface area contributed by atoms with Crippen molar-refractivity contribution in [1.82, 2.24) is 0 Å². The Kier molecular flexibility index (Phi) is 8.04. The lowest BCUT2D eigenvalue weighted by molar-refractivity contribution is -0.114. The minimum absolute atomic E-state index is 0.0174. The number of hydrogen-bond acceptors (Lipinski definition) is 6. The first kappa shape index (κ1) is 24.2. The van der Waals surface area contributed by atoms with E-state index in [-0.39, 0.29) is 12.7 Å². The molecule has 2 aromatic rings. The van der Waals surface area contributed by atoms with Crippen molar-refractivity contribution in [3.05, 3.63) is 53.6 Å². The van der Waals surface area contributed by atoms with Crippen molar-refractivity contribution in [3.8, 4) is 5.75 Å². The zero-order valence-corrected chi connectivity index (χ0v) is 19.2. The van der Waals surface area contributed by atoms with Gasteiger partial charge in [0.15, 0.2) is 0 Å². The first-order valence-corrected chi connectivity index (χ1v) is 11.7. The molecule has 9 heteroatoms. The summed E-state index contributed by atoms with van der Waals surface area (Å²) in [4.78, 5) is 24.6. The van der Waals surface area contributed by atoms with Crippen LogP contribution in [-0.4, -0.2) is 45.8 Å². The van der Waals surface area contributed by atoms with Crippen LogP contribution < -0.4 is 14.4 Å². The molecule has 1 N–H and O–H groups in total. The predicted octanol–water partition coefficient (Wildman–Crippen LogP) is 3.36. The van der Waals surface area contributed by atoms with Crippen LogP contribution in [0.15, 0.2) is 42.5 Å². The van der Waals surface area contributed by atoms with Gasteiger partial charge < -0.3 is 14.8 Å². The van der Waals surface area contributed by atoms with Crippen LogP contribution in [0.1, 0.15) is 36.7 Å². The smallest absolute Gasteiger partial charge is 0.338 e. The van der Waals surface area contributed by atoms with Gasteiger partial charge in [-0.05, 0) is 69.7 Å². The molecule has 0 aromatic heterocycles. The molecule has 0 heterocycles. The molecule has 0 aliphatic heterocycles. The average molecular weight is 449 g/mol. The second kappa shape index (κ2) is 10.3. The Bertz CT molecular complexity index is 1030. The van der Waals surface area contributed by atoms with Crippen LogP contribution in [0, 0.1) is 6.92 Å². The van der Waals surface area contributed by atoms with E-state index in [1.165, 1.54) is 6.07 Å². The van der Waals surface area contributed by atoms with E-state index in [0.717, 1.165) is 16.1 Å². The van der Waals surface area contributed by atoms with E-state index >= 15 is 0 Å². The van der Waals surface area contributed by atoms with Gasteiger partial charge in [-0.15, -0.1) is 0 Å². The predicted molar refractivity (Wildman–Crippen MR) is 120 cm³/mol. The van der Waals surface area contributed by atoms with E-state index in [2.05, 4.69) is 5.32 Å². The van der Waals surface area contributed by atoms with Crippen LogP contribution in [0.2, 0.25) is 0 Å². The third-order valence-electron chi connectivity index (χ3n) is 4.21. The average Bonchev–Trinajstić information content (AvgIpc) is 2.67. The van der Waals surface area contributed by atoms with Crippen molar-refractivity contribution in [2.24, 2.45) is 0 Å². The molecule has 0 atom stereocenters. The molecule has 0 spiro atoms. The lowest BCUT2D eigenvalue weighted by Gasteiger charge is -2.22.